The summed E-state index contributed by atoms with van der Waals surface area (Å²) in [6, 6.07) is 12.5. The van der Waals surface area contributed by atoms with Gasteiger partial charge in [0.05, 0.1) is 5.69 Å². The van der Waals surface area contributed by atoms with E-state index >= 15 is 0 Å². The molecule has 3 aliphatic carbocycles. The summed E-state index contributed by atoms with van der Waals surface area (Å²) in [5, 5.41) is 8.77. The van der Waals surface area contributed by atoms with E-state index < -0.39 is 0 Å². The third kappa shape index (κ3) is 5.72. The Morgan fingerprint density at radius 3 is 2.68 bits per heavy atom. The van der Waals surface area contributed by atoms with Gasteiger partial charge in [-0.05, 0) is 97.2 Å². The molecule has 2 N–H and O–H groups in total. The molecule has 8 heteroatoms. The van der Waals surface area contributed by atoms with Gasteiger partial charge >= 0.3 is 0 Å². The molecular weight excluding hydrogens is 553 g/mol. The minimum Gasteiger partial charge on any atom is -0.353 e. The molecular formula is C33H43Cl2N5O. The zero-order valence-electron chi connectivity index (χ0n) is 24.7. The fraction of sp³-hybridized carbons (Fsp3) is 0.576. The molecule has 2 aromatic rings. The number of amides is 1. The van der Waals surface area contributed by atoms with Gasteiger partial charge in [0.15, 0.2) is 5.96 Å². The van der Waals surface area contributed by atoms with E-state index in [4.69, 9.17) is 28.2 Å². The van der Waals surface area contributed by atoms with Crippen LogP contribution in [0.3, 0.4) is 0 Å². The van der Waals surface area contributed by atoms with Crippen LogP contribution in [0, 0.1) is 23.2 Å². The van der Waals surface area contributed by atoms with Gasteiger partial charge in [0.1, 0.15) is 0 Å². The molecule has 6 nitrogen and oxygen atoms in total. The summed E-state index contributed by atoms with van der Waals surface area (Å²) < 4.78 is 0. The predicted molar refractivity (Wildman–Crippen MR) is 168 cm³/mol. The molecule has 0 spiro atoms. The molecule has 0 radical (unpaired) electrons. The molecule has 0 aromatic heterocycles. The highest BCUT2D eigenvalue weighted by Gasteiger charge is 2.56. The fourth-order valence-corrected chi connectivity index (χ4v) is 8.24. The van der Waals surface area contributed by atoms with Crippen molar-refractivity contribution in [1.82, 2.24) is 20.4 Å². The second-order valence-electron chi connectivity index (χ2n) is 13.3. The first kappa shape index (κ1) is 28.8. The molecule has 1 unspecified atom stereocenters. The monoisotopic (exact) mass is 595 g/mol. The molecule has 2 bridgehead atoms. The first-order valence-electron chi connectivity index (χ1n) is 15.3. The van der Waals surface area contributed by atoms with Gasteiger partial charge in [-0.1, -0.05) is 50.0 Å². The number of piperazine rings is 1. The minimum atomic E-state index is 0.0824. The van der Waals surface area contributed by atoms with E-state index in [1.54, 1.807) is 6.07 Å². The Hall–Kier alpha value is -2.28. The van der Waals surface area contributed by atoms with Gasteiger partial charge in [-0.25, -0.2) is 4.99 Å². The molecule has 5 atom stereocenters. The first-order valence-corrected chi connectivity index (χ1v) is 16.1. The van der Waals surface area contributed by atoms with Crippen LogP contribution >= 0.6 is 23.2 Å². The number of guanidine groups is 1. The molecule has 2 heterocycles. The van der Waals surface area contributed by atoms with E-state index in [2.05, 4.69) is 49.3 Å². The van der Waals surface area contributed by atoms with E-state index in [0.717, 1.165) is 66.2 Å². The van der Waals surface area contributed by atoms with Crippen molar-refractivity contribution in [3.63, 3.8) is 0 Å². The summed E-state index contributed by atoms with van der Waals surface area (Å²) in [7, 11) is 0. The Kier molecular flexibility index (Phi) is 8.03. The van der Waals surface area contributed by atoms with Gasteiger partial charge in [0.25, 0.3) is 5.91 Å². The molecule has 41 heavy (non-hydrogen) atoms. The van der Waals surface area contributed by atoms with Gasteiger partial charge in [-0.3, -0.25) is 4.79 Å². The summed E-state index contributed by atoms with van der Waals surface area (Å²) in [5.41, 5.74) is 4.25. The van der Waals surface area contributed by atoms with E-state index in [1.807, 2.05) is 29.2 Å². The normalized spacial score (nSPS) is 29.2. The lowest BCUT2D eigenvalue weighted by Gasteiger charge is -2.62. The molecule has 7 rings (SSSR count). The van der Waals surface area contributed by atoms with Crippen molar-refractivity contribution in [2.24, 2.45) is 28.2 Å². The Morgan fingerprint density at radius 2 is 1.95 bits per heavy atom. The summed E-state index contributed by atoms with van der Waals surface area (Å²) >= 11 is 12.4. The number of benzene rings is 2. The SMILES string of the molecule is C[C@H]1CN(C(=Nc2ccc3c(c2)CCN(CCc2ccc(Cl)cc2Cl)C3=O)NC2C[C@@H]3C[C@@H]([C@H]2C)C3(C)C)CCN1. The molecule has 3 saturated carbocycles. The highest BCUT2D eigenvalue weighted by atomic mass is 35.5. The average Bonchev–Trinajstić information content (AvgIpc) is 2.94. The molecule has 2 aliphatic heterocycles. The quantitative estimate of drug-likeness (QED) is 0.320. The summed E-state index contributed by atoms with van der Waals surface area (Å²) in [6.45, 7) is 13.7. The van der Waals surface area contributed by atoms with Crippen LogP contribution in [0.25, 0.3) is 0 Å². The number of aliphatic imine (C=N–C) groups is 1. The Bertz CT molecular complexity index is 1340. The zero-order chi connectivity index (χ0) is 28.9. The van der Waals surface area contributed by atoms with Gasteiger partial charge in [-0.15, -0.1) is 0 Å². The van der Waals surface area contributed by atoms with E-state index in [0.29, 0.717) is 53.0 Å². The molecule has 1 saturated heterocycles. The molecule has 1 amide bonds. The zero-order valence-corrected chi connectivity index (χ0v) is 26.2. The van der Waals surface area contributed by atoms with Crippen LogP contribution in [0.2, 0.25) is 10.0 Å². The molecule has 2 aromatic carbocycles. The van der Waals surface area contributed by atoms with Crippen LogP contribution in [0.1, 0.15) is 62.0 Å². The second kappa shape index (κ2) is 11.4. The highest BCUT2D eigenvalue weighted by Crippen LogP contribution is 2.61. The maximum absolute atomic E-state index is 13.4. The maximum Gasteiger partial charge on any atom is 0.254 e. The number of carbonyl (C=O) groups excluding carboxylic acids is 1. The average molecular weight is 597 g/mol. The number of hydrogen-bond donors (Lipinski definition) is 2. The van der Waals surface area contributed by atoms with Crippen LogP contribution in [-0.4, -0.2) is 66.5 Å². The number of nitrogens with one attached hydrogen (secondary N) is 2. The van der Waals surface area contributed by atoms with Gasteiger partial charge in [-0.2, -0.15) is 0 Å². The third-order valence-electron chi connectivity index (χ3n) is 10.5. The summed E-state index contributed by atoms with van der Waals surface area (Å²) in [4.78, 5) is 23.0. The van der Waals surface area contributed by atoms with E-state index in [9.17, 15) is 4.79 Å². The minimum absolute atomic E-state index is 0.0824. The number of nitrogens with zero attached hydrogens (tertiary/aromatic N) is 3. The number of halogens is 2. The van der Waals surface area contributed by atoms with Crippen molar-refractivity contribution < 1.29 is 4.79 Å². The standard InChI is InChI=1S/C33H43Cl2N5O/c1-20-19-40(14-11-36-20)32(38-30-17-24-16-28(21(30)2)33(24,3)4)37-26-7-8-27-23(15-26)10-13-39(31(27)41)12-9-22-5-6-25(34)18-29(22)35/h5-8,15,18,20-21,24,28,30,36H,9-14,16-17,19H2,1-4H3,(H,37,38)/t20-,21+,24-,28-,30?/m0/s1. The van der Waals surface area contributed by atoms with Gasteiger partial charge < -0.3 is 20.4 Å². The summed E-state index contributed by atoms with van der Waals surface area (Å²) in [6.07, 6.45) is 4.10. The second-order valence-corrected chi connectivity index (χ2v) is 14.2. The highest BCUT2D eigenvalue weighted by molar-refractivity contribution is 6.35. The van der Waals surface area contributed by atoms with Gasteiger partial charge in [0, 0.05) is 60.4 Å². The van der Waals surface area contributed by atoms with Crippen LogP contribution in [0.15, 0.2) is 41.4 Å². The maximum atomic E-state index is 13.4. The first-order chi connectivity index (χ1) is 19.6. The van der Waals surface area contributed by atoms with E-state index in [1.165, 1.54) is 12.8 Å². The number of carbonyl (C=O) groups is 1. The topological polar surface area (TPSA) is 60.0 Å². The Balaban J connectivity index is 1.19. The van der Waals surface area contributed by atoms with Crippen LogP contribution < -0.4 is 10.6 Å². The lowest BCUT2D eigenvalue weighted by molar-refractivity contribution is -0.112. The third-order valence-corrected chi connectivity index (χ3v) is 11.1. The van der Waals surface area contributed by atoms with Crippen molar-refractivity contribution in [3.05, 3.63) is 63.1 Å². The fourth-order valence-electron chi connectivity index (χ4n) is 7.73. The van der Waals surface area contributed by atoms with Gasteiger partial charge in [0.2, 0.25) is 0 Å². The smallest absolute Gasteiger partial charge is 0.254 e. The van der Waals surface area contributed by atoms with Crippen LogP contribution in [0.4, 0.5) is 5.69 Å². The summed E-state index contributed by atoms with van der Waals surface area (Å²) in [5.74, 6) is 3.25. The van der Waals surface area contributed by atoms with Crippen molar-refractivity contribution >= 4 is 40.8 Å². The predicted octanol–water partition coefficient (Wildman–Crippen LogP) is 6.18. The largest absolute Gasteiger partial charge is 0.353 e. The van der Waals surface area contributed by atoms with Crippen molar-refractivity contribution in [1.29, 1.82) is 0 Å². The molecule has 4 fully saturated rings. The van der Waals surface area contributed by atoms with Crippen LogP contribution in [-0.2, 0) is 12.8 Å². The van der Waals surface area contributed by atoms with Crippen LogP contribution in [0.5, 0.6) is 0 Å². The van der Waals surface area contributed by atoms with Crippen molar-refractivity contribution in [2.75, 3.05) is 32.7 Å². The van der Waals surface area contributed by atoms with Crippen molar-refractivity contribution in [2.45, 2.75) is 65.5 Å². The van der Waals surface area contributed by atoms with E-state index in [-0.39, 0.29) is 5.91 Å². The molecule has 5 aliphatic rings. The Labute approximate surface area is 254 Å². The lowest BCUT2D eigenvalue weighted by Crippen LogP contribution is -2.63. The van der Waals surface area contributed by atoms with Crippen molar-refractivity contribution in [3.8, 4) is 0 Å². The number of rotatable bonds is 5. The Morgan fingerprint density at radius 1 is 1.12 bits per heavy atom. The molecule has 220 valence electrons. The number of hydrogen-bond acceptors (Lipinski definition) is 3. The number of fused-ring (bicyclic) bond motifs is 3. The lowest BCUT2D eigenvalue weighted by atomic mass is 9.45.